The summed E-state index contributed by atoms with van der Waals surface area (Å²) in [6.07, 6.45) is -2.75. The number of nitrogens with one attached hydrogen (secondary N) is 2. The predicted molar refractivity (Wildman–Crippen MR) is 94.8 cm³/mol. The molecule has 3 N–H and O–H groups in total. The molecule has 0 aliphatic carbocycles. The van der Waals surface area contributed by atoms with Crippen LogP contribution in [0, 0.1) is 6.92 Å². The van der Waals surface area contributed by atoms with Crippen molar-refractivity contribution in [1.29, 1.82) is 0 Å². The number of aromatic nitrogens is 3. The molecule has 10 heteroatoms. The fourth-order valence-corrected chi connectivity index (χ4v) is 3.26. The Balaban J connectivity index is 1.71. The number of benzene rings is 1. The fourth-order valence-electron chi connectivity index (χ4n) is 3.26. The Kier molecular flexibility index (Phi) is 4.13. The molecule has 0 radical (unpaired) electrons. The number of carbonyl (C=O) groups is 1. The number of hydrogen-bond donors (Lipinski definition) is 3. The van der Waals surface area contributed by atoms with E-state index in [1.54, 1.807) is 23.0 Å². The van der Waals surface area contributed by atoms with Gasteiger partial charge in [0.1, 0.15) is 5.75 Å². The maximum absolute atomic E-state index is 12.9. The lowest BCUT2D eigenvalue weighted by Gasteiger charge is -2.23. The molecule has 3 aromatic rings. The van der Waals surface area contributed by atoms with E-state index in [9.17, 15) is 23.1 Å². The highest BCUT2D eigenvalue weighted by Gasteiger charge is 2.32. The van der Waals surface area contributed by atoms with Gasteiger partial charge in [-0.1, -0.05) is 0 Å². The number of halogens is 3. The molecule has 28 heavy (non-hydrogen) atoms. The second kappa shape index (κ2) is 6.39. The predicted octanol–water partition coefficient (Wildman–Crippen LogP) is 2.99. The van der Waals surface area contributed by atoms with Crippen molar-refractivity contribution >= 4 is 17.1 Å². The summed E-state index contributed by atoms with van der Waals surface area (Å²) in [6.45, 7) is 2.34. The maximum atomic E-state index is 12.9. The van der Waals surface area contributed by atoms with Crippen LogP contribution in [0.4, 0.5) is 18.0 Å². The number of rotatable bonds is 2. The van der Waals surface area contributed by atoms with E-state index >= 15 is 0 Å². The van der Waals surface area contributed by atoms with Crippen LogP contribution in [-0.2, 0) is 6.18 Å². The topological polar surface area (TPSA) is 92.1 Å². The summed E-state index contributed by atoms with van der Waals surface area (Å²) in [4.78, 5) is 15.6. The Hall–Kier alpha value is -3.30. The highest BCUT2D eigenvalue weighted by atomic mass is 19.4. The Labute approximate surface area is 157 Å². The van der Waals surface area contributed by atoms with Crippen LogP contribution in [0.25, 0.3) is 22.3 Å². The first kappa shape index (κ1) is 18.1. The molecular formula is C18H16F3N5O2. The molecule has 1 fully saturated rings. The lowest BCUT2D eigenvalue weighted by Crippen LogP contribution is -2.48. The molecule has 1 saturated heterocycles. The zero-order valence-corrected chi connectivity index (χ0v) is 14.7. The molecule has 7 nitrogen and oxygen atoms in total. The number of amides is 2. The van der Waals surface area contributed by atoms with Crippen molar-refractivity contribution in [1.82, 2.24) is 25.4 Å². The molecule has 4 rings (SSSR count). The van der Waals surface area contributed by atoms with Crippen LogP contribution in [0.2, 0.25) is 0 Å². The lowest BCUT2D eigenvalue weighted by molar-refractivity contribution is -0.137. The van der Waals surface area contributed by atoms with Crippen molar-refractivity contribution in [2.75, 3.05) is 13.1 Å². The standard InChI is InChI=1S/C18H16F3N5O2/c1-9-4-11(18(19,20)21)5-14(27)15(9)13-3-2-10-8-26(25-16(10)24-13)12-6-22-17(28)23-7-12/h2-5,8,12,27H,6-7H2,1H3,(H2,22,23,28). The van der Waals surface area contributed by atoms with Gasteiger partial charge in [-0.3, -0.25) is 4.68 Å². The van der Waals surface area contributed by atoms with Crippen molar-refractivity contribution in [2.24, 2.45) is 0 Å². The molecule has 1 aliphatic rings. The summed E-state index contributed by atoms with van der Waals surface area (Å²) in [5, 5.41) is 20.7. The first-order valence-corrected chi connectivity index (χ1v) is 8.51. The van der Waals surface area contributed by atoms with E-state index in [0.29, 0.717) is 30.5 Å². The Morgan fingerprint density at radius 1 is 1.21 bits per heavy atom. The number of alkyl halides is 3. The summed E-state index contributed by atoms with van der Waals surface area (Å²) in [5.74, 6) is -0.488. The number of aromatic hydroxyl groups is 1. The van der Waals surface area contributed by atoms with E-state index in [1.807, 2.05) is 0 Å². The van der Waals surface area contributed by atoms with E-state index in [2.05, 4.69) is 20.7 Å². The SMILES string of the molecule is Cc1cc(C(F)(F)F)cc(O)c1-c1ccc2cn(C3CNC(=O)NC3)nc2n1. The van der Waals surface area contributed by atoms with Gasteiger partial charge in [0, 0.05) is 30.2 Å². The molecule has 0 atom stereocenters. The number of aryl methyl sites for hydroxylation is 1. The second-order valence-corrected chi connectivity index (χ2v) is 6.65. The molecule has 1 aliphatic heterocycles. The van der Waals surface area contributed by atoms with Gasteiger partial charge in [0.2, 0.25) is 0 Å². The van der Waals surface area contributed by atoms with Crippen LogP contribution in [0.15, 0.2) is 30.5 Å². The fraction of sp³-hybridized carbons (Fsp3) is 0.278. The van der Waals surface area contributed by atoms with Crippen LogP contribution in [0.5, 0.6) is 5.75 Å². The van der Waals surface area contributed by atoms with E-state index in [4.69, 9.17) is 0 Å². The quantitative estimate of drug-likeness (QED) is 0.626. The van der Waals surface area contributed by atoms with Crippen LogP contribution in [-0.4, -0.2) is 39.0 Å². The van der Waals surface area contributed by atoms with Crippen molar-refractivity contribution < 1.29 is 23.1 Å². The number of urea groups is 1. The van der Waals surface area contributed by atoms with Gasteiger partial charge in [0.05, 0.1) is 17.3 Å². The van der Waals surface area contributed by atoms with Gasteiger partial charge in [-0.25, -0.2) is 9.78 Å². The number of hydrogen-bond acceptors (Lipinski definition) is 4. The van der Waals surface area contributed by atoms with Gasteiger partial charge >= 0.3 is 12.2 Å². The summed E-state index contributed by atoms with van der Waals surface area (Å²) < 4.78 is 40.5. The molecule has 0 spiro atoms. The van der Waals surface area contributed by atoms with E-state index in [-0.39, 0.29) is 23.2 Å². The summed E-state index contributed by atoms with van der Waals surface area (Å²) >= 11 is 0. The molecule has 0 saturated carbocycles. The van der Waals surface area contributed by atoms with Crippen molar-refractivity contribution in [3.8, 4) is 17.0 Å². The van der Waals surface area contributed by atoms with Crippen LogP contribution in [0.3, 0.4) is 0 Å². The van der Waals surface area contributed by atoms with E-state index in [1.165, 1.54) is 6.92 Å². The minimum atomic E-state index is -4.54. The number of fused-ring (bicyclic) bond motifs is 1. The van der Waals surface area contributed by atoms with Crippen LogP contribution in [0.1, 0.15) is 17.2 Å². The van der Waals surface area contributed by atoms with Crippen molar-refractivity contribution in [3.05, 3.63) is 41.6 Å². The third-order valence-corrected chi connectivity index (χ3v) is 4.66. The monoisotopic (exact) mass is 391 g/mol. The Morgan fingerprint density at radius 3 is 2.57 bits per heavy atom. The van der Waals surface area contributed by atoms with Gasteiger partial charge in [0.25, 0.3) is 0 Å². The second-order valence-electron chi connectivity index (χ2n) is 6.65. The van der Waals surface area contributed by atoms with Crippen molar-refractivity contribution in [3.63, 3.8) is 0 Å². The smallest absolute Gasteiger partial charge is 0.416 e. The normalized spacial score (nSPS) is 15.5. The minimum absolute atomic E-state index is 0.0865. The van der Waals surface area contributed by atoms with E-state index < -0.39 is 17.5 Å². The molecule has 146 valence electrons. The van der Waals surface area contributed by atoms with E-state index in [0.717, 1.165) is 11.5 Å². The highest BCUT2D eigenvalue weighted by Crippen LogP contribution is 2.38. The average Bonchev–Trinajstić information content (AvgIpc) is 3.04. The Morgan fingerprint density at radius 2 is 1.93 bits per heavy atom. The van der Waals surface area contributed by atoms with Gasteiger partial charge in [-0.05, 0) is 36.8 Å². The lowest BCUT2D eigenvalue weighted by atomic mass is 10.00. The number of phenols is 1. The van der Waals surface area contributed by atoms with Gasteiger partial charge in [-0.15, -0.1) is 0 Å². The van der Waals surface area contributed by atoms with Crippen LogP contribution >= 0.6 is 0 Å². The number of pyridine rings is 1. The van der Waals surface area contributed by atoms with Gasteiger partial charge in [0.15, 0.2) is 5.65 Å². The Bertz CT molecular complexity index is 1040. The van der Waals surface area contributed by atoms with Crippen molar-refractivity contribution in [2.45, 2.75) is 19.1 Å². The van der Waals surface area contributed by atoms with Gasteiger partial charge in [-0.2, -0.15) is 18.3 Å². The zero-order valence-electron chi connectivity index (χ0n) is 14.7. The molecule has 2 amide bonds. The molecule has 1 aromatic carbocycles. The number of nitrogens with zero attached hydrogens (tertiary/aromatic N) is 3. The molecule has 3 heterocycles. The number of phenolic OH excluding ortho intramolecular Hbond substituents is 1. The highest BCUT2D eigenvalue weighted by molar-refractivity contribution is 5.80. The molecular weight excluding hydrogens is 375 g/mol. The maximum Gasteiger partial charge on any atom is 0.416 e. The summed E-state index contributed by atoms with van der Waals surface area (Å²) in [5.41, 5.74) is 0.307. The summed E-state index contributed by atoms with van der Waals surface area (Å²) in [7, 11) is 0. The largest absolute Gasteiger partial charge is 0.507 e. The van der Waals surface area contributed by atoms with Gasteiger partial charge < -0.3 is 15.7 Å². The minimum Gasteiger partial charge on any atom is -0.507 e. The first-order valence-electron chi connectivity index (χ1n) is 8.51. The molecule has 2 aromatic heterocycles. The third kappa shape index (κ3) is 3.21. The molecule has 0 unspecified atom stereocenters. The zero-order chi connectivity index (χ0) is 20.1. The third-order valence-electron chi connectivity index (χ3n) is 4.66. The first-order chi connectivity index (χ1) is 13.2. The average molecular weight is 391 g/mol. The van der Waals surface area contributed by atoms with Crippen LogP contribution < -0.4 is 10.6 Å². The summed E-state index contributed by atoms with van der Waals surface area (Å²) in [6, 6.07) is 4.73. The molecule has 0 bridgehead atoms. The number of carbonyl (C=O) groups excluding carboxylic acids is 1.